The van der Waals surface area contributed by atoms with Crippen molar-refractivity contribution in [1.29, 1.82) is 0 Å². The number of phosphoric ester groups is 1. The van der Waals surface area contributed by atoms with Crippen molar-refractivity contribution in [3.05, 3.63) is 12.2 Å². The van der Waals surface area contributed by atoms with Gasteiger partial charge in [0, 0.05) is 12.8 Å². The van der Waals surface area contributed by atoms with Gasteiger partial charge in [0.1, 0.15) is 19.8 Å². The molecular weight excluding hydrogens is 701 g/mol. The summed E-state index contributed by atoms with van der Waals surface area (Å²) in [6.07, 6.45) is 38.3. The van der Waals surface area contributed by atoms with E-state index in [1.807, 2.05) is 21.1 Å². The highest BCUT2D eigenvalue weighted by molar-refractivity contribution is 7.47. The van der Waals surface area contributed by atoms with Crippen molar-refractivity contribution >= 4 is 19.8 Å². The smallest absolute Gasteiger partial charge is 0.462 e. The van der Waals surface area contributed by atoms with Gasteiger partial charge in [-0.1, -0.05) is 167 Å². The van der Waals surface area contributed by atoms with Crippen molar-refractivity contribution in [2.24, 2.45) is 0 Å². The number of carbonyl (C=O) groups is 2. The average molecular weight is 789 g/mol. The third-order valence-electron chi connectivity index (χ3n) is 9.80. The minimum absolute atomic E-state index is 0.0346. The first-order valence-corrected chi connectivity index (χ1v) is 23.9. The summed E-state index contributed by atoms with van der Waals surface area (Å²) in [6.45, 7) is 4.43. The molecule has 0 aromatic heterocycles. The molecular formula is C44H87NO8P+. The maximum Gasteiger partial charge on any atom is 0.472 e. The Morgan fingerprint density at radius 3 is 1.37 bits per heavy atom. The van der Waals surface area contributed by atoms with Crippen LogP contribution in [0.15, 0.2) is 12.2 Å². The third kappa shape index (κ3) is 40.4. The van der Waals surface area contributed by atoms with Gasteiger partial charge < -0.3 is 18.9 Å². The molecule has 1 unspecified atom stereocenters. The predicted molar refractivity (Wildman–Crippen MR) is 224 cm³/mol. The molecule has 1 N–H and O–H groups in total. The highest BCUT2D eigenvalue weighted by atomic mass is 31.2. The van der Waals surface area contributed by atoms with Crippen molar-refractivity contribution in [3.8, 4) is 0 Å². The highest BCUT2D eigenvalue weighted by Gasteiger charge is 2.27. The molecule has 9 nitrogen and oxygen atoms in total. The van der Waals surface area contributed by atoms with Gasteiger partial charge in [-0.25, -0.2) is 4.57 Å². The van der Waals surface area contributed by atoms with Gasteiger partial charge in [-0.05, 0) is 38.5 Å². The molecule has 320 valence electrons. The Morgan fingerprint density at radius 2 is 0.944 bits per heavy atom. The lowest BCUT2D eigenvalue weighted by Gasteiger charge is -2.24. The van der Waals surface area contributed by atoms with Crippen LogP contribution in [0.2, 0.25) is 0 Å². The van der Waals surface area contributed by atoms with E-state index in [4.69, 9.17) is 18.5 Å². The molecule has 0 amide bonds. The van der Waals surface area contributed by atoms with E-state index in [1.54, 1.807) is 0 Å². The van der Waals surface area contributed by atoms with Gasteiger partial charge in [-0.15, -0.1) is 0 Å². The van der Waals surface area contributed by atoms with Gasteiger partial charge in [0.2, 0.25) is 0 Å². The van der Waals surface area contributed by atoms with Gasteiger partial charge in [0.15, 0.2) is 6.10 Å². The largest absolute Gasteiger partial charge is 0.472 e. The molecule has 0 rings (SSSR count). The molecule has 0 aromatic rings. The van der Waals surface area contributed by atoms with Crippen LogP contribution in [-0.2, 0) is 32.7 Å². The van der Waals surface area contributed by atoms with Crippen molar-refractivity contribution in [3.63, 3.8) is 0 Å². The zero-order valence-electron chi connectivity index (χ0n) is 36.0. The van der Waals surface area contributed by atoms with E-state index in [0.717, 1.165) is 32.1 Å². The lowest BCUT2D eigenvalue weighted by atomic mass is 10.1. The molecule has 0 fully saturated rings. The molecule has 0 aromatic carbocycles. The highest BCUT2D eigenvalue weighted by Crippen LogP contribution is 2.43. The average Bonchev–Trinajstić information content (AvgIpc) is 3.12. The molecule has 54 heavy (non-hydrogen) atoms. The Hall–Kier alpha value is -1.25. The quantitative estimate of drug-likeness (QED) is 0.0214. The lowest BCUT2D eigenvalue weighted by Crippen LogP contribution is -2.37. The maximum atomic E-state index is 12.6. The van der Waals surface area contributed by atoms with Crippen LogP contribution in [0.25, 0.3) is 0 Å². The zero-order chi connectivity index (χ0) is 40.0. The second-order valence-corrected chi connectivity index (χ2v) is 17.9. The number of unbranched alkanes of at least 4 members (excludes halogenated alkanes) is 25. The summed E-state index contributed by atoms with van der Waals surface area (Å²) >= 11 is 0. The third-order valence-corrected chi connectivity index (χ3v) is 10.8. The van der Waals surface area contributed by atoms with Crippen molar-refractivity contribution in [2.75, 3.05) is 47.5 Å². The molecule has 0 spiro atoms. The first kappa shape index (κ1) is 52.8. The van der Waals surface area contributed by atoms with Crippen LogP contribution in [0, 0.1) is 0 Å². The number of esters is 2. The summed E-state index contributed by atoms with van der Waals surface area (Å²) in [5.41, 5.74) is 0. The second-order valence-electron chi connectivity index (χ2n) is 16.4. The number of ether oxygens (including phenoxy) is 2. The van der Waals surface area contributed by atoms with Crippen LogP contribution >= 0.6 is 7.82 Å². The van der Waals surface area contributed by atoms with E-state index >= 15 is 0 Å². The van der Waals surface area contributed by atoms with Crippen LogP contribution in [0.1, 0.15) is 206 Å². The van der Waals surface area contributed by atoms with Crippen LogP contribution in [0.4, 0.5) is 0 Å². The molecule has 0 aliphatic rings. The lowest BCUT2D eigenvalue weighted by molar-refractivity contribution is -0.870. The number of rotatable bonds is 41. The summed E-state index contributed by atoms with van der Waals surface area (Å²) in [6, 6.07) is 0. The minimum atomic E-state index is -4.37. The number of hydrogen-bond donors (Lipinski definition) is 1. The summed E-state index contributed by atoms with van der Waals surface area (Å²) in [5, 5.41) is 0. The van der Waals surface area contributed by atoms with E-state index < -0.39 is 26.5 Å². The van der Waals surface area contributed by atoms with Gasteiger partial charge >= 0.3 is 19.8 Å². The van der Waals surface area contributed by atoms with E-state index in [2.05, 4.69) is 26.0 Å². The summed E-state index contributed by atoms with van der Waals surface area (Å²) in [5.74, 6) is -0.793. The first-order chi connectivity index (χ1) is 26.0. The van der Waals surface area contributed by atoms with Crippen molar-refractivity contribution in [2.45, 2.75) is 213 Å². The van der Waals surface area contributed by atoms with Gasteiger partial charge in [0.25, 0.3) is 0 Å². The predicted octanol–water partition coefficient (Wildman–Crippen LogP) is 12.6. The number of carbonyl (C=O) groups excluding carboxylic acids is 2. The SMILES string of the molecule is CCCCCCCC/C=C/CCCCCCCCCCCC(=O)OC[C@@H](COP(=O)(O)OCC[N+](C)(C)C)OC(=O)CCCCCCCCCCCCC. The molecule has 0 heterocycles. The number of likely N-dealkylation sites (N-methyl/N-ethyl adjacent to an activating group) is 1. The first-order valence-electron chi connectivity index (χ1n) is 22.4. The number of hydrogen-bond acceptors (Lipinski definition) is 7. The van der Waals surface area contributed by atoms with Crippen molar-refractivity contribution < 1.29 is 42.1 Å². The molecule has 0 bridgehead atoms. The monoisotopic (exact) mass is 789 g/mol. The Bertz CT molecular complexity index is 938. The Kier molecular flexibility index (Phi) is 36.5. The van der Waals surface area contributed by atoms with Gasteiger partial charge in [-0.2, -0.15) is 0 Å². The fourth-order valence-electron chi connectivity index (χ4n) is 6.24. The second kappa shape index (κ2) is 37.3. The molecule has 0 radical (unpaired) electrons. The van der Waals surface area contributed by atoms with Crippen LogP contribution in [0.3, 0.4) is 0 Å². The Labute approximate surface area is 333 Å². The zero-order valence-corrected chi connectivity index (χ0v) is 36.9. The molecule has 10 heteroatoms. The van der Waals surface area contributed by atoms with Crippen LogP contribution < -0.4 is 0 Å². The fourth-order valence-corrected chi connectivity index (χ4v) is 6.99. The molecule has 0 aliphatic carbocycles. The molecule has 0 aliphatic heterocycles. The van der Waals surface area contributed by atoms with Crippen LogP contribution in [0.5, 0.6) is 0 Å². The van der Waals surface area contributed by atoms with Crippen LogP contribution in [-0.4, -0.2) is 74.9 Å². The van der Waals surface area contributed by atoms with E-state index in [-0.39, 0.29) is 25.6 Å². The van der Waals surface area contributed by atoms with Gasteiger partial charge in [-0.3, -0.25) is 18.6 Å². The van der Waals surface area contributed by atoms with E-state index in [9.17, 15) is 19.0 Å². The fraction of sp³-hybridized carbons (Fsp3) is 0.909. The molecule has 2 atom stereocenters. The topological polar surface area (TPSA) is 108 Å². The number of phosphoric acid groups is 1. The normalized spacial score (nSPS) is 13.7. The minimum Gasteiger partial charge on any atom is -0.462 e. The molecule has 0 saturated heterocycles. The molecule has 0 saturated carbocycles. The summed E-state index contributed by atoms with van der Waals surface area (Å²) < 4.78 is 34.3. The number of allylic oxidation sites excluding steroid dienone is 2. The number of quaternary nitrogens is 1. The van der Waals surface area contributed by atoms with Gasteiger partial charge in [0.05, 0.1) is 27.7 Å². The number of nitrogens with zero attached hydrogens (tertiary/aromatic N) is 1. The standard InChI is InChI=1S/C44H86NO8P/c1-6-8-10-12-14-16-18-19-20-21-22-23-24-25-27-28-30-32-34-36-43(46)50-40-42(41-52-54(48,49)51-39-38-45(3,4)5)53-44(47)37-35-33-31-29-26-17-15-13-11-9-7-2/h19-20,42H,6-18,21-41H2,1-5H3/p+1/b20-19+/t42-/m0/s1. The summed E-state index contributed by atoms with van der Waals surface area (Å²) in [4.78, 5) is 35.3. The van der Waals surface area contributed by atoms with E-state index in [1.165, 1.54) is 141 Å². The maximum absolute atomic E-state index is 12.6. The van der Waals surface area contributed by atoms with Crippen molar-refractivity contribution in [1.82, 2.24) is 0 Å². The Balaban J connectivity index is 4.26. The summed E-state index contributed by atoms with van der Waals surface area (Å²) in [7, 11) is 1.48. The Morgan fingerprint density at radius 1 is 0.556 bits per heavy atom. The van der Waals surface area contributed by atoms with E-state index in [0.29, 0.717) is 23.9 Å².